The smallest absolute Gasteiger partial charge is 0.243 e. The van der Waals surface area contributed by atoms with Crippen LogP contribution in [0.1, 0.15) is 20.8 Å². The van der Waals surface area contributed by atoms with Crippen LogP contribution in [0.2, 0.25) is 0 Å². The minimum absolute atomic E-state index is 0.110. The third-order valence-electron chi connectivity index (χ3n) is 4.71. The predicted molar refractivity (Wildman–Crippen MR) is 127 cm³/mol. The van der Waals surface area contributed by atoms with E-state index in [0.29, 0.717) is 36.7 Å². The molecule has 9 nitrogen and oxygen atoms in total. The highest BCUT2D eigenvalue weighted by Crippen LogP contribution is 2.27. The first-order valence-corrected chi connectivity index (χ1v) is 13.6. The summed E-state index contributed by atoms with van der Waals surface area (Å²) in [6.45, 7) is 6.70. The molecular weight excluding hydrogens is 452 g/mol. The van der Waals surface area contributed by atoms with Crippen LogP contribution in [0.25, 0.3) is 0 Å². The van der Waals surface area contributed by atoms with Crippen LogP contribution in [0.15, 0.2) is 52.3 Å². The molecule has 0 atom stereocenters. The topological polar surface area (TPSA) is 125 Å². The number of sulfone groups is 1. The number of carbonyl (C=O) groups is 1. The lowest BCUT2D eigenvalue weighted by molar-refractivity contribution is -0.114. The highest BCUT2D eigenvalue weighted by atomic mass is 32.2. The first kappa shape index (κ1) is 25.6. The molecule has 0 aliphatic heterocycles. The first-order chi connectivity index (χ1) is 15.0. The van der Waals surface area contributed by atoms with Crippen molar-refractivity contribution < 1.29 is 21.6 Å². The molecule has 0 radical (unpaired) electrons. The van der Waals surface area contributed by atoms with E-state index in [1.807, 2.05) is 6.92 Å². The highest BCUT2D eigenvalue weighted by molar-refractivity contribution is 7.90. The van der Waals surface area contributed by atoms with Crippen LogP contribution >= 0.6 is 0 Å². The van der Waals surface area contributed by atoms with E-state index in [9.17, 15) is 21.6 Å². The molecule has 0 heterocycles. The van der Waals surface area contributed by atoms with Gasteiger partial charge in [-0.1, -0.05) is 13.8 Å². The molecule has 0 saturated heterocycles. The van der Waals surface area contributed by atoms with E-state index in [-0.39, 0.29) is 22.2 Å². The number of benzene rings is 2. The number of hydrogen-bond acceptors (Lipinski definition) is 7. The Morgan fingerprint density at radius 2 is 1.44 bits per heavy atom. The van der Waals surface area contributed by atoms with E-state index >= 15 is 0 Å². The van der Waals surface area contributed by atoms with Gasteiger partial charge >= 0.3 is 0 Å². The fraction of sp³-hybridized carbons (Fsp3) is 0.381. The molecule has 0 aliphatic rings. The molecule has 0 aromatic heterocycles. The van der Waals surface area contributed by atoms with Crippen molar-refractivity contribution in [3.05, 3.63) is 42.5 Å². The lowest BCUT2D eigenvalue weighted by atomic mass is 10.2. The zero-order valence-electron chi connectivity index (χ0n) is 18.7. The molecule has 0 bridgehead atoms. The Bertz CT molecular complexity index is 1140. The van der Waals surface area contributed by atoms with E-state index in [0.717, 1.165) is 6.26 Å². The van der Waals surface area contributed by atoms with Crippen LogP contribution in [-0.2, 0) is 24.7 Å². The number of carbonyl (C=O) groups excluding carboxylic acids is 1. The number of anilines is 3. The summed E-state index contributed by atoms with van der Waals surface area (Å²) in [5, 5.41) is 8.81. The minimum atomic E-state index is -3.64. The van der Waals surface area contributed by atoms with Gasteiger partial charge in [0.25, 0.3) is 0 Å². The molecule has 2 aromatic rings. The van der Waals surface area contributed by atoms with Gasteiger partial charge in [0.2, 0.25) is 15.9 Å². The highest BCUT2D eigenvalue weighted by Gasteiger charge is 2.22. The monoisotopic (exact) mass is 482 g/mol. The van der Waals surface area contributed by atoms with Gasteiger partial charge in [-0.15, -0.1) is 0 Å². The Morgan fingerprint density at radius 1 is 0.844 bits per heavy atom. The standard InChI is InChI=1S/C21H30N4O5S2/c1-5-22-19-13-12-18(32(29,30)25(6-2)7-3)14-20(19)23-15-21(26)24-16-8-10-17(11-9-16)31(4,27)28/h8-14,22-23H,5-7,15H2,1-4H3,(H,24,26). The van der Waals surface area contributed by atoms with E-state index in [1.54, 1.807) is 26.0 Å². The fourth-order valence-corrected chi connectivity index (χ4v) is 5.17. The summed E-state index contributed by atoms with van der Waals surface area (Å²) in [5.74, 6) is -0.364. The maximum atomic E-state index is 12.8. The van der Waals surface area contributed by atoms with Crippen LogP contribution in [0.3, 0.4) is 0 Å². The number of nitrogens with one attached hydrogen (secondary N) is 3. The van der Waals surface area contributed by atoms with Gasteiger partial charge in [0.1, 0.15) is 0 Å². The van der Waals surface area contributed by atoms with Gasteiger partial charge in [-0.2, -0.15) is 4.31 Å². The van der Waals surface area contributed by atoms with E-state index in [1.165, 1.54) is 34.6 Å². The van der Waals surface area contributed by atoms with Crippen molar-refractivity contribution in [3.8, 4) is 0 Å². The summed E-state index contributed by atoms with van der Waals surface area (Å²) in [7, 11) is -6.96. The molecule has 2 rings (SSSR count). The van der Waals surface area contributed by atoms with Gasteiger partial charge in [0.15, 0.2) is 9.84 Å². The van der Waals surface area contributed by atoms with Crippen molar-refractivity contribution in [2.45, 2.75) is 30.6 Å². The summed E-state index contributed by atoms with van der Waals surface area (Å²) in [6, 6.07) is 10.6. The molecule has 0 spiro atoms. The first-order valence-electron chi connectivity index (χ1n) is 10.2. The summed E-state index contributed by atoms with van der Waals surface area (Å²) < 4.78 is 50.1. The number of hydrogen-bond donors (Lipinski definition) is 3. The maximum absolute atomic E-state index is 12.8. The lowest BCUT2D eigenvalue weighted by Crippen LogP contribution is -2.30. The summed E-state index contributed by atoms with van der Waals surface area (Å²) in [4.78, 5) is 12.7. The number of nitrogens with zero attached hydrogens (tertiary/aromatic N) is 1. The summed E-state index contributed by atoms with van der Waals surface area (Å²) >= 11 is 0. The van der Waals surface area contributed by atoms with Crippen molar-refractivity contribution in [2.75, 3.05) is 48.4 Å². The van der Waals surface area contributed by atoms with Crippen LogP contribution in [0, 0.1) is 0 Å². The van der Waals surface area contributed by atoms with Gasteiger partial charge in [-0.25, -0.2) is 16.8 Å². The second-order valence-electron chi connectivity index (χ2n) is 7.03. The average molecular weight is 483 g/mol. The molecule has 176 valence electrons. The quantitative estimate of drug-likeness (QED) is 0.450. The molecule has 0 aliphatic carbocycles. The van der Waals surface area contributed by atoms with Crippen molar-refractivity contribution in [2.24, 2.45) is 0 Å². The Balaban J connectivity index is 2.17. The summed E-state index contributed by atoms with van der Waals surface area (Å²) in [5.41, 5.74) is 1.62. The molecule has 3 N–H and O–H groups in total. The third-order valence-corrected chi connectivity index (χ3v) is 7.88. The van der Waals surface area contributed by atoms with E-state index in [2.05, 4.69) is 16.0 Å². The van der Waals surface area contributed by atoms with Crippen molar-refractivity contribution in [1.29, 1.82) is 0 Å². The van der Waals surface area contributed by atoms with Crippen molar-refractivity contribution in [1.82, 2.24) is 4.31 Å². The van der Waals surface area contributed by atoms with Crippen LogP contribution in [-0.4, -0.2) is 59.5 Å². The van der Waals surface area contributed by atoms with Gasteiger partial charge < -0.3 is 16.0 Å². The van der Waals surface area contributed by atoms with Crippen LogP contribution < -0.4 is 16.0 Å². The lowest BCUT2D eigenvalue weighted by Gasteiger charge is -2.20. The second-order valence-corrected chi connectivity index (χ2v) is 11.0. The van der Waals surface area contributed by atoms with Gasteiger partial charge in [0, 0.05) is 31.6 Å². The van der Waals surface area contributed by atoms with Crippen LogP contribution in [0.5, 0.6) is 0 Å². The average Bonchev–Trinajstić information content (AvgIpc) is 2.73. The molecule has 2 aromatic carbocycles. The molecule has 0 unspecified atom stereocenters. The zero-order chi connectivity index (χ0) is 23.9. The number of sulfonamides is 1. The Kier molecular flexibility index (Phi) is 8.65. The largest absolute Gasteiger partial charge is 0.384 e. The normalized spacial score (nSPS) is 11.9. The van der Waals surface area contributed by atoms with E-state index < -0.39 is 19.9 Å². The molecular formula is C21H30N4O5S2. The second kappa shape index (κ2) is 10.8. The Morgan fingerprint density at radius 3 is 1.97 bits per heavy atom. The molecule has 11 heteroatoms. The minimum Gasteiger partial charge on any atom is -0.384 e. The fourth-order valence-electron chi connectivity index (χ4n) is 3.05. The maximum Gasteiger partial charge on any atom is 0.243 e. The van der Waals surface area contributed by atoms with Crippen molar-refractivity contribution >= 4 is 42.8 Å². The molecule has 0 saturated carbocycles. The Labute approximate surface area is 190 Å². The van der Waals surface area contributed by atoms with E-state index in [4.69, 9.17) is 0 Å². The summed E-state index contributed by atoms with van der Waals surface area (Å²) in [6.07, 6.45) is 1.11. The number of rotatable bonds is 11. The van der Waals surface area contributed by atoms with Crippen LogP contribution in [0.4, 0.5) is 17.1 Å². The zero-order valence-corrected chi connectivity index (χ0v) is 20.3. The number of amides is 1. The predicted octanol–water partition coefficient (Wildman–Crippen LogP) is 2.60. The SMILES string of the molecule is CCNc1ccc(S(=O)(=O)N(CC)CC)cc1NCC(=O)Nc1ccc(S(C)(=O)=O)cc1. The van der Waals surface area contributed by atoms with Gasteiger partial charge in [-0.3, -0.25) is 4.79 Å². The van der Waals surface area contributed by atoms with Crippen molar-refractivity contribution in [3.63, 3.8) is 0 Å². The molecule has 1 amide bonds. The Hall–Kier alpha value is -2.63. The molecule has 0 fully saturated rings. The van der Waals surface area contributed by atoms with Gasteiger partial charge in [-0.05, 0) is 49.4 Å². The molecule has 32 heavy (non-hydrogen) atoms. The van der Waals surface area contributed by atoms with Gasteiger partial charge in [0.05, 0.1) is 27.7 Å². The third kappa shape index (κ3) is 6.44.